The molecule has 0 aliphatic carbocycles. The molecule has 0 aliphatic heterocycles. The smallest absolute Gasteiger partial charge is 0.258 e. The number of hydrogen-bond donors (Lipinski definition) is 2. The quantitative estimate of drug-likeness (QED) is 0.664. The van der Waals surface area contributed by atoms with Crippen molar-refractivity contribution in [3.8, 4) is 6.07 Å². The Morgan fingerprint density at radius 2 is 1.57 bits per heavy atom. The zero-order valence-electron chi connectivity index (χ0n) is 14.4. The Balaban J connectivity index is 1.74. The molecule has 7 heteroatoms. The summed E-state index contributed by atoms with van der Waals surface area (Å²) in [5.41, 5.74) is 1.15. The van der Waals surface area contributed by atoms with Crippen molar-refractivity contribution in [2.75, 3.05) is 10.6 Å². The number of benzene rings is 3. The van der Waals surface area contributed by atoms with E-state index in [1.54, 1.807) is 48.5 Å². The number of anilines is 2. The average Bonchev–Trinajstić information content (AvgIpc) is 2.68. The molecule has 28 heavy (non-hydrogen) atoms. The van der Waals surface area contributed by atoms with E-state index in [9.17, 15) is 14.0 Å². The number of carbonyl (C=O) groups excluding carboxylic acids is 2. The molecule has 0 spiro atoms. The predicted molar refractivity (Wildman–Crippen MR) is 105 cm³/mol. The molecule has 0 bridgehead atoms. The molecule has 2 N–H and O–H groups in total. The van der Waals surface area contributed by atoms with Crippen LogP contribution in [0.1, 0.15) is 26.3 Å². The van der Waals surface area contributed by atoms with Gasteiger partial charge in [0.15, 0.2) is 0 Å². The molecule has 0 radical (unpaired) electrons. The molecule has 3 rings (SSSR count). The van der Waals surface area contributed by atoms with Gasteiger partial charge in [0.05, 0.1) is 17.2 Å². The Kier molecular flexibility index (Phi) is 5.68. The van der Waals surface area contributed by atoms with Crippen molar-refractivity contribution in [2.24, 2.45) is 0 Å². The van der Waals surface area contributed by atoms with Gasteiger partial charge in [-0.3, -0.25) is 9.59 Å². The summed E-state index contributed by atoms with van der Waals surface area (Å²) in [5, 5.41) is 14.5. The zero-order chi connectivity index (χ0) is 20.1. The first-order valence-electron chi connectivity index (χ1n) is 8.14. The molecule has 0 aliphatic rings. The lowest BCUT2D eigenvalue weighted by Gasteiger charge is -2.10. The van der Waals surface area contributed by atoms with Gasteiger partial charge < -0.3 is 10.6 Å². The average molecular weight is 394 g/mol. The number of halogens is 2. The molecule has 2 amide bonds. The minimum Gasteiger partial charge on any atom is -0.322 e. The minimum atomic E-state index is -0.790. The second-order valence-corrected chi connectivity index (χ2v) is 6.24. The highest BCUT2D eigenvalue weighted by molar-refractivity contribution is 6.31. The highest BCUT2D eigenvalue weighted by Crippen LogP contribution is 2.19. The SMILES string of the molecule is N#Cc1ccc(C(=O)Nc2cccc(NC(=O)c3cccc(Cl)c3)c2)c(F)c1. The van der Waals surface area contributed by atoms with E-state index in [4.69, 9.17) is 16.9 Å². The Labute approximate surface area is 165 Å². The third kappa shape index (κ3) is 4.53. The number of hydrogen-bond acceptors (Lipinski definition) is 3. The zero-order valence-corrected chi connectivity index (χ0v) is 15.1. The fraction of sp³-hybridized carbons (Fsp3) is 0. The van der Waals surface area contributed by atoms with Gasteiger partial charge in [0.2, 0.25) is 0 Å². The van der Waals surface area contributed by atoms with E-state index in [-0.39, 0.29) is 17.0 Å². The summed E-state index contributed by atoms with van der Waals surface area (Å²) in [6.07, 6.45) is 0. The van der Waals surface area contributed by atoms with Crippen LogP contribution in [0.25, 0.3) is 0 Å². The predicted octanol–water partition coefficient (Wildman–Crippen LogP) is 4.86. The number of carbonyl (C=O) groups is 2. The van der Waals surface area contributed by atoms with Crippen molar-refractivity contribution in [2.45, 2.75) is 0 Å². The molecule has 0 saturated carbocycles. The maximum atomic E-state index is 14.0. The van der Waals surface area contributed by atoms with Crippen LogP contribution in [-0.2, 0) is 0 Å². The topological polar surface area (TPSA) is 82.0 Å². The molecule has 0 unspecified atom stereocenters. The van der Waals surface area contributed by atoms with Gasteiger partial charge in [-0.1, -0.05) is 23.7 Å². The van der Waals surface area contributed by atoms with Gasteiger partial charge in [0, 0.05) is 22.0 Å². The summed E-state index contributed by atoms with van der Waals surface area (Å²) in [4.78, 5) is 24.6. The Morgan fingerprint density at radius 1 is 0.893 bits per heavy atom. The van der Waals surface area contributed by atoms with E-state index < -0.39 is 11.7 Å². The van der Waals surface area contributed by atoms with Crippen molar-refractivity contribution in [1.82, 2.24) is 0 Å². The van der Waals surface area contributed by atoms with Gasteiger partial charge in [-0.25, -0.2) is 4.39 Å². The van der Waals surface area contributed by atoms with Crippen LogP contribution in [-0.4, -0.2) is 11.8 Å². The number of nitriles is 1. The number of amides is 2. The van der Waals surface area contributed by atoms with Gasteiger partial charge in [-0.15, -0.1) is 0 Å². The first kappa shape index (κ1) is 19.1. The lowest BCUT2D eigenvalue weighted by molar-refractivity contribution is 0.101. The van der Waals surface area contributed by atoms with Crippen LogP contribution in [0.4, 0.5) is 15.8 Å². The summed E-state index contributed by atoms with van der Waals surface area (Å²) in [7, 11) is 0. The van der Waals surface area contributed by atoms with Crippen LogP contribution < -0.4 is 10.6 Å². The van der Waals surface area contributed by atoms with Gasteiger partial charge in [0.25, 0.3) is 11.8 Å². The van der Waals surface area contributed by atoms with E-state index >= 15 is 0 Å². The monoisotopic (exact) mass is 393 g/mol. The molecule has 3 aromatic rings. The van der Waals surface area contributed by atoms with Crippen LogP contribution in [0.3, 0.4) is 0 Å². The van der Waals surface area contributed by atoms with E-state index in [1.807, 2.05) is 0 Å². The summed E-state index contributed by atoms with van der Waals surface area (Å²) >= 11 is 5.89. The van der Waals surface area contributed by atoms with Crippen LogP contribution in [0, 0.1) is 17.1 Å². The summed E-state index contributed by atoms with van der Waals surface area (Å²) in [6.45, 7) is 0. The molecular weight excluding hydrogens is 381 g/mol. The number of nitrogens with one attached hydrogen (secondary N) is 2. The van der Waals surface area contributed by atoms with Gasteiger partial charge in [-0.05, 0) is 54.6 Å². The summed E-state index contributed by atoms with van der Waals surface area (Å²) in [5.74, 6) is -1.81. The van der Waals surface area contributed by atoms with Crippen LogP contribution in [0.5, 0.6) is 0 Å². The van der Waals surface area contributed by atoms with Crippen LogP contribution in [0.2, 0.25) is 5.02 Å². The fourth-order valence-electron chi connectivity index (χ4n) is 2.47. The number of rotatable bonds is 4. The van der Waals surface area contributed by atoms with Gasteiger partial charge in [-0.2, -0.15) is 5.26 Å². The number of nitrogens with zero attached hydrogens (tertiary/aromatic N) is 1. The molecule has 0 atom stereocenters. The van der Waals surface area contributed by atoms with E-state index in [0.717, 1.165) is 6.07 Å². The molecule has 0 heterocycles. The van der Waals surface area contributed by atoms with Gasteiger partial charge >= 0.3 is 0 Å². The fourth-order valence-corrected chi connectivity index (χ4v) is 2.67. The van der Waals surface area contributed by atoms with E-state index in [1.165, 1.54) is 18.2 Å². The lowest BCUT2D eigenvalue weighted by Crippen LogP contribution is -2.15. The van der Waals surface area contributed by atoms with Crippen molar-refractivity contribution in [3.63, 3.8) is 0 Å². The molecule has 0 saturated heterocycles. The summed E-state index contributed by atoms with van der Waals surface area (Å²) < 4.78 is 14.0. The van der Waals surface area contributed by atoms with Crippen LogP contribution >= 0.6 is 11.6 Å². The van der Waals surface area contributed by atoms with Crippen molar-refractivity contribution in [3.05, 3.63) is 94.3 Å². The van der Waals surface area contributed by atoms with Crippen molar-refractivity contribution >= 4 is 34.8 Å². The largest absolute Gasteiger partial charge is 0.322 e. The van der Waals surface area contributed by atoms with Crippen LogP contribution in [0.15, 0.2) is 66.7 Å². The third-order valence-electron chi connectivity index (χ3n) is 3.81. The first-order chi connectivity index (χ1) is 13.5. The minimum absolute atomic E-state index is 0.125. The normalized spacial score (nSPS) is 10.0. The highest BCUT2D eigenvalue weighted by atomic mass is 35.5. The summed E-state index contributed by atoms with van der Waals surface area (Å²) in [6, 6.07) is 18.3. The van der Waals surface area contributed by atoms with E-state index in [2.05, 4.69) is 10.6 Å². The molecule has 3 aromatic carbocycles. The molecular formula is C21H13ClFN3O2. The molecule has 0 fully saturated rings. The Morgan fingerprint density at radius 3 is 2.21 bits per heavy atom. The first-order valence-corrected chi connectivity index (χ1v) is 8.52. The molecule has 5 nitrogen and oxygen atoms in total. The lowest BCUT2D eigenvalue weighted by atomic mass is 10.1. The van der Waals surface area contributed by atoms with Crippen molar-refractivity contribution in [1.29, 1.82) is 5.26 Å². The standard InChI is InChI=1S/C21H13ClFN3O2/c22-15-4-1-3-14(10-15)20(27)25-16-5-2-6-17(11-16)26-21(28)18-8-7-13(12-24)9-19(18)23/h1-11H,(H,25,27)(H,26,28). The van der Waals surface area contributed by atoms with E-state index in [0.29, 0.717) is 22.0 Å². The Bertz CT molecular complexity index is 1110. The van der Waals surface area contributed by atoms with Crippen molar-refractivity contribution < 1.29 is 14.0 Å². The maximum Gasteiger partial charge on any atom is 0.258 e. The highest BCUT2D eigenvalue weighted by Gasteiger charge is 2.13. The third-order valence-corrected chi connectivity index (χ3v) is 4.04. The molecule has 138 valence electrons. The Hall–Kier alpha value is -3.69. The van der Waals surface area contributed by atoms with Gasteiger partial charge in [0.1, 0.15) is 5.82 Å². The second-order valence-electron chi connectivity index (χ2n) is 5.81. The second kappa shape index (κ2) is 8.33. The maximum absolute atomic E-state index is 14.0. The molecule has 0 aromatic heterocycles.